The van der Waals surface area contributed by atoms with Crippen LogP contribution in [0.3, 0.4) is 0 Å². The molecule has 0 atom stereocenters. The van der Waals surface area contributed by atoms with Gasteiger partial charge < -0.3 is 10.1 Å². The Morgan fingerprint density at radius 1 is 1.35 bits per heavy atom. The molecule has 2 aromatic rings. The number of nitrogens with one attached hydrogen (secondary N) is 1. The van der Waals surface area contributed by atoms with E-state index in [4.69, 9.17) is 4.74 Å². The highest BCUT2D eigenvalue weighted by Crippen LogP contribution is 2.21. The van der Waals surface area contributed by atoms with E-state index in [9.17, 15) is 0 Å². The molecule has 20 heavy (non-hydrogen) atoms. The Balaban J connectivity index is 1.68. The fourth-order valence-corrected chi connectivity index (χ4v) is 2.33. The van der Waals surface area contributed by atoms with Crippen molar-refractivity contribution in [3.05, 3.63) is 47.3 Å². The van der Waals surface area contributed by atoms with Gasteiger partial charge in [0, 0.05) is 24.3 Å². The standard InChI is InChI=1S/C16H21N3O/c1-12-3-6-16(20-2)13(9-12)11-19-8-7-15(18-19)10-17-14-4-5-14/h3,6-9,14,17H,4-5,10-11H2,1-2H3. The van der Waals surface area contributed by atoms with Crippen molar-refractivity contribution < 1.29 is 4.74 Å². The predicted molar refractivity (Wildman–Crippen MR) is 78.9 cm³/mol. The van der Waals surface area contributed by atoms with E-state index < -0.39 is 0 Å². The summed E-state index contributed by atoms with van der Waals surface area (Å²) in [6, 6.07) is 9.04. The zero-order valence-corrected chi connectivity index (χ0v) is 12.1. The molecular formula is C16H21N3O. The van der Waals surface area contributed by atoms with E-state index in [1.54, 1.807) is 7.11 Å². The van der Waals surface area contributed by atoms with Gasteiger partial charge in [0.15, 0.2) is 0 Å². The lowest BCUT2D eigenvalue weighted by molar-refractivity contribution is 0.407. The molecule has 0 aliphatic heterocycles. The third-order valence-corrected chi connectivity index (χ3v) is 3.61. The van der Waals surface area contributed by atoms with Gasteiger partial charge in [0.1, 0.15) is 5.75 Å². The Kier molecular flexibility index (Phi) is 3.74. The quantitative estimate of drug-likeness (QED) is 0.877. The van der Waals surface area contributed by atoms with Crippen molar-refractivity contribution in [2.75, 3.05) is 7.11 Å². The van der Waals surface area contributed by atoms with E-state index in [0.717, 1.165) is 36.1 Å². The summed E-state index contributed by atoms with van der Waals surface area (Å²) in [5.41, 5.74) is 3.50. The SMILES string of the molecule is COc1ccc(C)cc1Cn1ccc(CNC2CC2)n1. The average molecular weight is 271 g/mol. The second-order valence-electron chi connectivity index (χ2n) is 5.48. The van der Waals surface area contributed by atoms with Gasteiger partial charge in [-0.1, -0.05) is 17.7 Å². The third-order valence-electron chi connectivity index (χ3n) is 3.61. The highest BCUT2D eigenvalue weighted by molar-refractivity contribution is 5.36. The molecule has 0 bridgehead atoms. The monoisotopic (exact) mass is 271 g/mol. The molecule has 1 aliphatic carbocycles. The van der Waals surface area contributed by atoms with Gasteiger partial charge in [-0.25, -0.2) is 0 Å². The molecule has 4 heteroatoms. The van der Waals surface area contributed by atoms with Gasteiger partial charge in [0.2, 0.25) is 0 Å². The number of aromatic nitrogens is 2. The first kappa shape index (κ1) is 13.2. The van der Waals surface area contributed by atoms with Gasteiger partial charge in [-0.2, -0.15) is 5.10 Å². The molecule has 1 fully saturated rings. The smallest absolute Gasteiger partial charge is 0.123 e. The number of methoxy groups -OCH3 is 1. The van der Waals surface area contributed by atoms with Crippen LogP contribution in [0, 0.1) is 6.92 Å². The summed E-state index contributed by atoms with van der Waals surface area (Å²) in [4.78, 5) is 0. The number of rotatable bonds is 6. The number of hydrogen-bond acceptors (Lipinski definition) is 3. The molecule has 0 radical (unpaired) electrons. The molecule has 1 saturated carbocycles. The highest BCUT2D eigenvalue weighted by atomic mass is 16.5. The largest absolute Gasteiger partial charge is 0.496 e. The molecule has 0 unspecified atom stereocenters. The summed E-state index contributed by atoms with van der Waals surface area (Å²) in [6.45, 7) is 3.70. The molecular weight excluding hydrogens is 250 g/mol. The topological polar surface area (TPSA) is 39.1 Å². The minimum absolute atomic E-state index is 0.719. The summed E-state index contributed by atoms with van der Waals surface area (Å²) in [6.07, 6.45) is 4.65. The van der Waals surface area contributed by atoms with Crippen LogP contribution in [0.2, 0.25) is 0 Å². The lowest BCUT2D eigenvalue weighted by Gasteiger charge is -2.09. The third kappa shape index (κ3) is 3.20. The lowest BCUT2D eigenvalue weighted by Crippen LogP contribution is -2.16. The Bertz CT molecular complexity index is 587. The Morgan fingerprint density at radius 3 is 2.95 bits per heavy atom. The summed E-state index contributed by atoms with van der Waals surface area (Å²) < 4.78 is 7.39. The molecule has 106 valence electrons. The maximum absolute atomic E-state index is 5.41. The molecule has 1 aliphatic rings. The fraction of sp³-hybridized carbons (Fsp3) is 0.438. The van der Waals surface area contributed by atoms with Crippen molar-refractivity contribution in [3.8, 4) is 5.75 Å². The summed E-state index contributed by atoms with van der Waals surface area (Å²) in [5.74, 6) is 0.920. The van der Waals surface area contributed by atoms with Gasteiger partial charge in [0.05, 0.1) is 19.3 Å². The zero-order valence-electron chi connectivity index (χ0n) is 12.1. The van der Waals surface area contributed by atoms with E-state index in [0.29, 0.717) is 0 Å². The minimum Gasteiger partial charge on any atom is -0.496 e. The number of nitrogens with zero attached hydrogens (tertiary/aromatic N) is 2. The van der Waals surface area contributed by atoms with Crippen LogP contribution in [0.4, 0.5) is 0 Å². The van der Waals surface area contributed by atoms with Crippen LogP contribution in [0.25, 0.3) is 0 Å². The van der Waals surface area contributed by atoms with Crippen molar-refractivity contribution in [3.63, 3.8) is 0 Å². The van der Waals surface area contributed by atoms with Crippen molar-refractivity contribution in [1.29, 1.82) is 0 Å². The zero-order chi connectivity index (χ0) is 13.9. The Morgan fingerprint density at radius 2 is 2.20 bits per heavy atom. The average Bonchev–Trinajstić information content (AvgIpc) is 3.17. The molecule has 1 heterocycles. The normalized spacial score (nSPS) is 14.5. The van der Waals surface area contributed by atoms with Crippen LogP contribution in [0.5, 0.6) is 5.75 Å². The van der Waals surface area contributed by atoms with E-state index in [1.165, 1.54) is 18.4 Å². The summed E-state index contributed by atoms with van der Waals surface area (Å²) in [7, 11) is 1.71. The Hall–Kier alpha value is -1.81. The van der Waals surface area contributed by atoms with Gasteiger partial charge in [-0.3, -0.25) is 4.68 Å². The molecule has 4 nitrogen and oxygen atoms in total. The Labute approximate surface area is 119 Å². The van der Waals surface area contributed by atoms with Gasteiger partial charge in [0.25, 0.3) is 0 Å². The van der Waals surface area contributed by atoms with Crippen LogP contribution in [0.1, 0.15) is 29.7 Å². The van der Waals surface area contributed by atoms with Crippen molar-refractivity contribution in [2.24, 2.45) is 0 Å². The maximum atomic E-state index is 5.41. The molecule has 1 aromatic heterocycles. The van der Waals surface area contributed by atoms with Crippen LogP contribution in [0.15, 0.2) is 30.5 Å². The van der Waals surface area contributed by atoms with Gasteiger partial charge in [-0.15, -0.1) is 0 Å². The molecule has 0 saturated heterocycles. The van der Waals surface area contributed by atoms with E-state index in [-0.39, 0.29) is 0 Å². The van der Waals surface area contributed by atoms with Crippen molar-refractivity contribution in [2.45, 2.75) is 38.9 Å². The first-order chi connectivity index (χ1) is 9.74. The van der Waals surface area contributed by atoms with Crippen molar-refractivity contribution in [1.82, 2.24) is 15.1 Å². The second kappa shape index (κ2) is 5.67. The van der Waals surface area contributed by atoms with Gasteiger partial charge in [-0.05, 0) is 31.9 Å². The first-order valence-corrected chi connectivity index (χ1v) is 7.14. The lowest BCUT2D eigenvalue weighted by atomic mass is 10.1. The van der Waals surface area contributed by atoms with Crippen LogP contribution >= 0.6 is 0 Å². The van der Waals surface area contributed by atoms with Crippen LogP contribution in [-0.4, -0.2) is 22.9 Å². The van der Waals surface area contributed by atoms with Gasteiger partial charge >= 0.3 is 0 Å². The van der Waals surface area contributed by atoms with E-state index in [2.05, 4.69) is 35.5 Å². The fourth-order valence-electron chi connectivity index (χ4n) is 2.33. The number of hydrogen-bond donors (Lipinski definition) is 1. The van der Waals surface area contributed by atoms with Crippen molar-refractivity contribution >= 4 is 0 Å². The van der Waals surface area contributed by atoms with E-state index in [1.807, 2.05) is 16.9 Å². The maximum Gasteiger partial charge on any atom is 0.123 e. The second-order valence-corrected chi connectivity index (χ2v) is 5.48. The van der Waals surface area contributed by atoms with Crippen LogP contribution < -0.4 is 10.1 Å². The highest BCUT2D eigenvalue weighted by Gasteiger charge is 2.20. The summed E-state index contributed by atoms with van der Waals surface area (Å²) in [5, 5.41) is 8.09. The molecule has 3 rings (SSSR count). The number of ether oxygens (including phenoxy) is 1. The number of benzene rings is 1. The van der Waals surface area contributed by atoms with Crippen LogP contribution in [-0.2, 0) is 13.1 Å². The summed E-state index contributed by atoms with van der Waals surface area (Å²) >= 11 is 0. The molecule has 1 aromatic carbocycles. The predicted octanol–water partition coefficient (Wildman–Crippen LogP) is 2.50. The number of aryl methyl sites for hydroxylation is 1. The van der Waals surface area contributed by atoms with E-state index >= 15 is 0 Å². The minimum atomic E-state index is 0.719. The molecule has 0 spiro atoms. The first-order valence-electron chi connectivity index (χ1n) is 7.14. The molecule has 1 N–H and O–H groups in total. The molecule has 0 amide bonds.